The fourth-order valence-corrected chi connectivity index (χ4v) is 2.30. The van der Waals surface area contributed by atoms with Crippen LogP contribution in [0.25, 0.3) is 0 Å². The van der Waals surface area contributed by atoms with Gasteiger partial charge in [-0.05, 0) is 31.5 Å². The lowest BCUT2D eigenvalue weighted by Crippen LogP contribution is -2.17. The summed E-state index contributed by atoms with van der Waals surface area (Å²) in [6.45, 7) is 4.22. The third-order valence-electron chi connectivity index (χ3n) is 3.74. The standard InChI is InChI=1S/C16H22FN3O/c1-4-11(2)20-9-8-12(19-20)10-14(18)16-13(17)6-5-7-15(16)21-3/h5-9,11,14H,4,10,18H2,1-3H3. The van der Waals surface area contributed by atoms with Crippen molar-refractivity contribution in [2.24, 2.45) is 5.73 Å². The van der Waals surface area contributed by atoms with Gasteiger partial charge in [-0.1, -0.05) is 13.0 Å². The molecule has 4 nitrogen and oxygen atoms in total. The van der Waals surface area contributed by atoms with Crippen LogP contribution >= 0.6 is 0 Å². The summed E-state index contributed by atoms with van der Waals surface area (Å²) in [6.07, 6.45) is 3.42. The predicted octanol–water partition coefficient (Wildman–Crippen LogP) is 3.24. The minimum atomic E-state index is -0.485. The number of aromatic nitrogens is 2. The molecule has 2 atom stereocenters. The van der Waals surface area contributed by atoms with Crippen LogP contribution in [0.1, 0.15) is 43.6 Å². The molecule has 0 aliphatic carbocycles. The van der Waals surface area contributed by atoms with Crippen molar-refractivity contribution in [1.29, 1.82) is 0 Å². The summed E-state index contributed by atoms with van der Waals surface area (Å²) in [5.41, 5.74) is 7.41. The van der Waals surface area contributed by atoms with Gasteiger partial charge in [0.1, 0.15) is 11.6 Å². The molecule has 2 aromatic rings. The lowest BCUT2D eigenvalue weighted by Gasteiger charge is -2.15. The van der Waals surface area contributed by atoms with Gasteiger partial charge < -0.3 is 10.5 Å². The van der Waals surface area contributed by atoms with E-state index in [1.165, 1.54) is 13.2 Å². The highest BCUT2D eigenvalue weighted by Crippen LogP contribution is 2.28. The third kappa shape index (κ3) is 3.42. The van der Waals surface area contributed by atoms with Gasteiger partial charge in [0.05, 0.1) is 12.8 Å². The van der Waals surface area contributed by atoms with Crippen LogP contribution in [-0.2, 0) is 6.42 Å². The minimum Gasteiger partial charge on any atom is -0.496 e. The SMILES string of the molecule is CCC(C)n1ccc(CC(N)c2c(F)cccc2OC)n1. The first-order valence-electron chi connectivity index (χ1n) is 7.18. The van der Waals surface area contributed by atoms with Crippen LogP contribution in [0.4, 0.5) is 4.39 Å². The van der Waals surface area contributed by atoms with Gasteiger partial charge in [0, 0.05) is 30.3 Å². The van der Waals surface area contributed by atoms with Gasteiger partial charge in [-0.3, -0.25) is 4.68 Å². The van der Waals surface area contributed by atoms with Crippen molar-refractivity contribution in [1.82, 2.24) is 9.78 Å². The van der Waals surface area contributed by atoms with Crippen molar-refractivity contribution < 1.29 is 9.13 Å². The first-order valence-corrected chi connectivity index (χ1v) is 7.18. The van der Waals surface area contributed by atoms with Crippen LogP contribution in [0.15, 0.2) is 30.5 Å². The van der Waals surface area contributed by atoms with Gasteiger partial charge in [0.25, 0.3) is 0 Å². The summed E-state index contributed by atoms with van der Waals surface area (Å²) in [7, 11) is 1.52. The van der Waals surface area contributed by atoms with Crippen molar-refractivity contribution in [3.8, 4) is 5.75 Å². The Bertz CT molecular complexity index is 597. The van der Waals surface area contributed by atoms with E-state index < -0.39 is 6.04 Å². The average molecular weight is 291 g/mol. The number of nitrogens with zero attached hydrogens (tertiary/aromatic N) is 2. The smallest absolute Gasteiger partial charge is 0.131 e. The van der Waals surface area contributed by atoms with E-state index in [1.807, 2.05) is 16.9 Å². The Morgan fingerprint density at radius 2 is 2.14 bits per heavy atom. The van der Waals surface area contributed by atoms with E-state index in [9.17, 15) is 4.39 Å². The number of hydrogen-bond donors (Lipinski definition) is 1. The second kappa shape index (κ2) is 6.72. The number of ether oxygens (including phenoxy) is 1. The maximum atomic E-state index is 14.0. The van der Waals surface area contributed by atoms with Gasteiger partial charge in [-0.25, -0.2) is 4.39 Å². The highest BCUT2D eigenvalue weighted by molar-refractivity contribution is 5.37. The van der Waals surface area contributed by atoms with Crippen LogP contribution in [-0.4, -0.2) is 16.9 Å². The molecule has 5 heteroatoms. The highest BCUT2D eigenvalue weighted by atomic mass is 19.1. The molecule has 0 spiro atoms. The van der Waals surface area contributed by atoms with E-state index in [4.69, 9.17) is 10.5 Å². The van der Waals surface area contributed by atoms with Crippen molar-refractivity contribution in [3.63, 3.8) is 0 Å². The van der Waals surface area contributed by atoms with Crippen molar-refractivity contribution in [2.75, 3.05) is 7.11 Å². The second-order valence-corrected chi connectivity index (χ2v) is 5.21. The Morgan fingerprint density at radius 3 is 2.81 bits per heavy atom. The Kier molecular flexibility index (Phi) is 4.96. The molecule has 0 fully saturated rings. The van der Waals surface area contributed by atoms with Gasteiger partial charge in [-0.2, -0.15) is 5.10 Å². The fraction of sp³-hybridized carbons (Fsp3) is 0.438. The van der Waals surface area contributed by atoms with Crippen LogP contribution in [0, 0.1) is 5.82 Å². The summed E-state index contributed by atoms with van der Waals surface area (Å²) in [4.78, 5) is 0. The van der Waals surface area contributed by atoms with E-state index in [0.717, 1.165) is 12.1 Å². The number of halogens is 1. The zero-order valence-electron chi connectivity index (χ0n) is 12.7. The molecule has 114 valence electrons. The lowest BCUT2D eigenvalue weighted by molar-refractivity contribution is 0.398. The van der Waals surface area contributed by atoms with Crippen molar-refractivity contribution >= 4 is 0 Å². The molecule has 21 heavy (non-hydrogen) atoms. The molecule has 0 bridgehead atoms. The first-order chi connectivity index (χ1) is 10.1. The molecule has 2 N–H and O–H groups in total. The summed E-state index contributed by atoms with van der Waals surface area (Å²) in [6, 6.07) is 6.52. The van der Waals surface area contributed by atoms with Crippen molar-refractivity contribution in [2.45, 2.75) is 38.8 Å². The van der Waals surface area contributed by atoms with Crippen LogP contribution in [0.2, 0.25) is 0 Å². The van der Waals surface area contributed by atoms with E-state index in [0.29, 0.717) is 23.8 Å². The van der Waals surface area contributed by atoms with E-state index in [-0.39, 0.29) is 5.82 Å². The van der Waals surface area contributed by atoms with E-state index in [2.05, 4.69) is 18.9 Å². The molecule has 1 aromatic carbocycles. The number of hydrogen-bond acceptors (Lipinski definition) is 3. The topological polar surface area (TPSA) is 53.1 Å². The van der Waals surface area contributed by atoms with Gasteiger partial charge in [-0.15, -0.1) is 0 Å². The van der Waals surface area contributed by atoms with Crippen LogP contribution in [0.3, 0.4) is 0 Å². The Hall–Kier alpha value is -1.88. The summed E-state index contributed by atoms with van der Waals surface area (Å²) < 4.78 is 21.1. The Labute approximate surface area is 124 Å². The molecule has 0 saturated carbocycles. The molecular formula is C16H22FN3O. The predicted molar refractivity (Wildman–Crippen MR) is 80.8 cm³/mol. The maximum Gasteiger partial charge on any atom is 0.131 e. The molecule has 0 aliphatic rings. The summed E-state index contributed by atoms with van der Waals surface area (Å²) >= 11 is 0. The summed E-state index contributed by atoms with van der Waals surface area (Å²) in [5, 5.41) is 4.51. The molecule has 0 saturated heterocycles. The second-order valence-electron chi connectivity index (χ2n) is 5.21. The average Bonchev–Trinajstić information content (AvgIpc) is 2.94. The largest absolute Gasteiger partial charge is 0.496 e. The number of nitrogens with two attached hydrogens (primary N) is 1. The van der Waals surface area contributed by atoms with E-state index in [1.54, 1.807) is 12.1 Å². The fourth-order valence-electron chi connectivity index (χ4n) is 2.30. The zero-order valence-corrected chi connectivity index (χ0v) is 12.7. The highest BCUT2D eigenvalue weighted by Gasteiger charge is 2.18. The zero-order chi connectivity index (χ0) is 15.4. The molecule has 1 heterocycles. The first kappa shape index (κ1) is 15.5. The van der Waals surface area contributed by atoms with Gasteiger partial charge >= 0.3 is 0 Å². The van der Waals surface area contributed by atoms with Crippen LogP contribution < -0.4 is 10.5 Å². The molecule has 0 aliphatic heterocycles. The Balaban J connectivity index is 2.18. The third-order valence-corrected chi connectivity index (χ3v) is 3.74. The minimum absolute atomic E-state index is 0.344. The molecule has 0 amide bonds. The molecule has 1 aromatic heterocycles. The number of methoxy groups -OCH3 is 1. The Morgan fingerprint density at radius 1 is 1.38 bits per heavy atom. The van der Waals surface area contributed by atoms with Crippen molar-refractivity contribution in [3.05, 3.63) is 47.5 Å². The molecule has 2 unspecified atom stereocenters. The normalized spacial score (nSPS) is 14.0. The summed E-state index contributed by atoms with van der Waals surface area (Å²) in [5.74, 6) is 0.132. The van der Waals surface area contributed by atoms with E-state index >= 15 is 0 Å². The molecular weight excluding hydrogens is 269 g/mol. The maximum absolute atomic E-state index is 14.0. The van der Waals surface area contributed by atoms with Gasteiger partial charge in [0.15, 0.2) is 0 Å². The number of rotatable bonds is 6. The van der Waals surface area contributed by atoms with Gasteiger partial charge in [0.2, 0.25) is 0 Å². The quantitative estimate of drug-likeness (QED) is 0.889. The number of benzene rings is 1. The molecule has 0 radical (unpaired) electrons. The van der Waals surface area contributed by atoms with Crippen LogP contribution in [0.5, 0.6) is 5.75 Å². The monoisotopic (exact) mass is 291 g/mol. The molecule has 2 rings (SSSR count). The lowest BCUT2D eigenvalue weighted by atomic mass is 10.0.